The summed E-state index contributed by atoms with van der Waals surface area (Å²) in [6.07, 6.45) is 0.726. The van der Waals surface area contributed by atoms with Crippen molar-refractivity contribution in [2.45, 2.75) is 151 Å². The van der Waals surface area contributed by atoms with Gasteiger partial charge in [0.05, 0.1) is 25.6 Å². The van der Waals surface area contributed by atoms with Crippen molar-refractivity contribution in [2.75, 3.05) is 52.4 Å². The average molecular weight is 1330 g/mol. The molecular weight excluding hydrogens is 1240 g/mol. The lowest BCUT2D eigenvalue weighted by Crippen LogP contribution is -2.62. The number of primary amides is 1. The number of aliphatic imine (C=N–C) groups is 3. The largest absolute Gasteiger partial charge is 0.508 e. The van der Waals surface area contributed by atoms with E-state index in [1.54, 1.807) is 12.1 Å². The third-order valence-electron chi connectivity index (χ3n) is 15.0. The number of rotatable bonds is 35. The zero-order valence-corrected chi connectivity index (χ0v) is 53.2. The maximum atomic E-state index is 14.7. The van der Waals surface area contributed by atoms with Crippen molar-refractivity contribution >= 4 is 88.8 Å². The van der Waals surface area contributed by atoms with Crippen LogP contribution in [0.4, 0.5) is 0 Å². The fourth-order valence-corrected chi connectivity index (χ4v) is 9.99. The predicted octanol–water partition coefficient (Wildman–Crippen LogP) is -7.97. The number of hydrogen-bond donors (Lipinski definition) is 20. The monoisotopic (exact) mass is 1330 g/mol. The Balaban J connectivity index is 1.57. The van der Waals surface area contributed by atoms with Crippen molar-refractivity contribution in [3.8, 4) is 5.75 Å². The Morgan fingerprint density at radius 1 is 0.632 bits per heavy atom. The van der Waals surface area contributed by atoms with Crippen molar-refractivity contribution < 1.29 is 62.6 Å². The molecule has 0 saturated carbocycles. The van der Waals surface area contributed by atoms with Crippen LogP contribution < -0.4 is 104 Å². The van der Waals surface area contributed by atoms with Crippen LogP contribution in [0.3, 0.4) is 0 Å². The molecule has 12 amide bonds. The van der Waals surface area contributed by atoms with Crippen molar-refractivity contribution in [3.05, 3.63) is 65.7 Å². The number of likely N-dealkylation sites (tertiary alicyclic amines) is 1. The van der Waals surface area contributed by atoms with E-state index < -0.39 is 151 Å². The van der Waals surface area contributed by atoms with Gasteiger partial charge in [-0.25, -0.2) is 0 Å². The molecule has 4 rings (SSSR count). The van der Waals surface area contributed by atoms with Gasteiger partial charge in [0.2, 0.25) is 70.9 Å². The van der Waals surface area contributed by atoms with Crippen molar-refractivity contribution in [1.29, 1.82) is 0 Å². The second-order valence-electron chi connectivity index (χ2n) is 22.7. The Morgan fingerprint density at radius 3 is 1.82 bits per heavy atom. The Labute approximate surface area is 549 Å². The highest BCUT2D eigenvalue weighted by molar-refractivity contribution is 6.00. The van der Waals surface area contributed by atoms with E-state index in [1.165, 1.54) is 24.0 Å². The summed E-state index contributed by atoms with van der Waals surface area (Å²) >= 11 is 0. The van der Waals surface area contributed by atoms with Gasteiger partial charge in [0, 0.05) is 39.3 Å². The third-order valence-corrected chi connectivity index (χ3v) is 15.0. The van der Waals surface area contributed by atoms with Crippen LogP contribution in [0.25, 0.3) is 0 Å². The first-order valence-corrected chi connectivity index (χ1v) is 31.2. The van der Waals surface area contributed by atoms with Gasteiger partial charge in [-0.05, 0) is 114 Å². The molecule has 2 aliphatic rings. The Bertz CT molecular complexity index is 3030. The smallest absolute Gasteiger partial charge is 0.245 e. The van der Waals surface area contributed by atoms with Gasteiger partial charge in [0.1, 0.15) is 54.1 Å². The minimum atomic E-state index is -1.82. The van der Waals surface area contributed by atoms with Gasteiger partial charge in [0.15, 0.2) is 17.9 Å². The quantitative estimate of drug-likeness (QED) is 0.0173. The van der Waals surface area contributed by atoms with Crippen LogP contribution in [0.1, 0.15) is 95.1 Å². The molecule has 9 atom stereocenters. The summed E-state index contributed by atoms with van der Waals surface area (Å²) in [6.45, 7) is -0.134. The molecule has 36 heteroatoms. The number of guanidine groups is 3. The first-order valence-electron chi connectivity index (χ1n) is 31.2. The normalized spacial score (nSPS) is 18.7. The highest BCUT2D eigenvalue weighted by Gasteiger charge is 2.40. The lowest BCUT2D eigenvalue weighted by atomic mass is 10.0. The van der Waals surface area contributed by atoms with Gasteiger partial charge in [-0.2, -0.15) is 0 Å². The summed E-state index contributed by atoms with van der Waals surface area (Å²) in [4.78, 5) is 179. The highest BCUT2D eigenvalue weighted by atomic mass is 16.3. The molecule has 0 aromatic heterocycles. The molecule has 522 valence electrons. The molecule has 28 N–H and O–H groups in total. The molecule has 0 spiro atoms. The summed E-state index contributed by atoms with van der Waals surface area (Å²) < 4.78 is 0. The number of nitrogens with two attached hydrogens (primary N) is 8. The van der Waals surface area contributed by atoms with E-state index in [4.69, 9.17) is 45.9 Å². The fraction of sp³-hybridized carbons (Fsp3) is 0.542. The van der Waals surface area contributed by atoms with Gasteiger partial charge in [-0.1, -0.05) is 42.5 Å². The molecular formula is C59H93N23O13. The van der Waals surface area contributed by atoms with Gasteiger partial charge in [-0.3, -0.25) is 72.5 Å². The highest BCUT2D eigenvalue weighted by Crippen LogP contribution is 2.21. The van der Waals surface area contributed by atoms with E-state index in [0.29, 0.717) is 37.9 Å². The van der Waals surface area contributed by atoms with Crippen LogP contribution in [-0.4, -0.2) is 206 Å². The number of aromatic hydroxyl groups is 1. The molecule has 0 bridgehead atoms. The van der Waals surface area contributed by atoms with Gasteiger partial charge < -0.3 is 114 Å². The van der Waals surface area contributed by atoms with Crippen molar-refractivity contribution in [1.82, 2.24) is 63.4 Å². The van der Waals surface area contributed by atoms with Crippen molar-refractivity contribution in [3.63, 3.8) is 0 Å². The summed E-state index contributed by atoms with van der Waals surface area (Å²) in [7, 11) is 0. The number of phenols is 1. The van der Waals surface area contributed by atoms with Crippen LogP contribution in [0, 0.1) is 0 Å². The first kappa shape index (κ1) is 77.1. The molecule has 2 saturated heterocycles. The second kappa shape index (κ2) is 40.6. The van der Waals surface area contributed by atoms with Crippen LogP contribution in [0.5, 0.6) is 5.75 Å². The zero-order valence-electron chi connectivity index (χ0n) is 53.2. The van der Waals surface area contributed by atoms with Crippen LogP contribution in [0.2, 0.25) is 0 Å². The molecule has 0 aliphatic carbocycles. The molecule has 2 aliphatic heterocycles. The predicted molar refractivity (Wildman–Crippen MR) is 348 cm³/mol. The van der Waals surface area contributed by atoms with Crippen molar-refractivity contribution in [2.24, 2.45) is 60.8 Å². The summed E-state index contributed by atoms with van der Waals surface area (Å²) in [5, 5.41) is 38.1. The zero-order chi connectivity index (χ0) is 70.0. The lowest BCUT2D eigenvalue weighted by molar-refractivity contribution is -0.142. The van der Waals surface area contributed by atoms with E-state index in [2.05, 4.69) is 73.5 Å². The lowest BCUT2D eigenvalue weighted by Gasteiger charge is -2.31. The Hall–Kier alpha value is -10.4. The third kappa shape index (κ3) is 28.6. The average Bonchev–Trinajstić information content (AvgIpc) is 1.78. The molecule has 1 unspecified atom stereocenters. The maximum Gasteiger partial charge on any atom is 0.245 e. The molecule has 2 aromatic carbocycles. The topological polar surface area (TPSA) is 606 Å². The molecule has 95 heavy (non-hydrogen) atoms. The summed E-state index contributed by atoms with van der Waals surface area (Å²) in [5.74, 6) is -11.3. The van der Waals surface area contributed by atoms with E-state index in [0.717, 1.165) is 5.56 Å². The number of carbonyl (C=O) groups excluding carboxylic acids is 12. The Kier molecular flexibility index (Phi) is 32.9. The van der Waals surface area contributed by atoms with E-state index in [-0.39, 0.29) is 108 Å². The minimum Gasteiger partial charge on any atom is -0.508 e. The minimum absolute atomic E-state index is 0.0143. The first-order chi connectivity index (χ1) is 45.2. The number of nitrogens with one attached hydrogen (secondary N) is 11. The molecule has 2 aromatic rings. The number of benzene rings is 2. The number of nitrogens with zero attached hydrogens (tertiary/aromatic N) is 4. The number of phenolic OH excluding ortho intramolecular Hbond substituents is 1. The van der Waals surface area contributed by atoms with Crippen LogP contribution in [0.15, 0.2) is 69.6 Å². The molecule has 2 fully saturated rings. The second-order valence-corrected chi connectivity index (χ2v) is 22.7. The summed E-state index contributed by atoms with van der Waals surface area (Å²) in [5.41, 5.74) is 46.1. The Morgan fingerprint density at radius 2 is 1.21 bits per heavy atom. The molecule has 36 nitrogen and oxygen atoms in total. The molecule has 2 heterocycles. The van der Waals surface area contributed by atoms with Crippen LogP contribution in [-0.2, 0) is 70.5 Å². The standard InChI is InChI=1S/C59H93N23O13/c1-33(75-47(86)32-73-46(85)31-74-50(89)41(27-34-18-20-36(83)21-19-34)71-29-35-11-3-2-4-12-35)49(88)80-42-28-45(84)72-30-43(81-52(91)39(15-8-24-69-58(64)65)77-51(90)38(78-53(42)92)14-7-23-68-57(62)63)54(93)79-40(16-9-25-70-59(66)67)56(95)82-26-10-17-44(82)55(94)76-37(48(61)87)13-5-6-22-60/h2-4,11-12,18-21,33,37-44,71,83H,5-10,13-17,22-32,60H2,1H3,(H2,61,87)(H,72,84)(H,73,85)(H,74,89)(H,75,86)(H,76,94)(H,77,90)(H,78,92)(H,79,93)(H,80,88)(H,81,91)(H4,62,63,68)(H4,64,65,69)(H4,66,67,70)/t33-,37-,38-,39-,40-,41-,42+,43?,44-/m0/s1. The SMILES string of the molecule is C[C@H](NC(=O)CNC(=O)CNC(=O)[C@H](Cc1ccc(O)cc1)NCc1ccccc1)C(=O)N[C@@H]1CC(=O)NCC(C(=O)N[C@@H](CCCN=C(N)N)C(=O)N2CCC[C@H]2C(=O)N[C@@H](CCCCN)C(N)=O)NC(=O)[C@H](CCCN=C(N)N)NC(=O)[C@H](CCCN=C(N)N)NC1=O. The van der Waals surface area contributed by atoms with E-state index in [1.807, 2.05) is 30.3 Å². The van der Waals surface area contributed by atoms with E-state index >= 15 is 0 Å². The maximum absolute atomic E-state index is 14.7. The van der Waals surface area contributed by atoms with Crippen LogP contribution >= 0.6 is 0 Å². The fourth-order valence-electron chi connectivity index (χ4n) is 9.99. The van der Waals surface area contributed by atoms with Gasteiger partial charge in [0.25, 0.3) is 0 Å². The number of amides is 12. The number of hydrogen-bond acceptors (Lipinski definition) is 18. The van der Waals surface area contributed by atoms with E-state index in [9.17, 15) is 62.6 Å². The summed E-state index contributed by atoms with van der Waals surface area (Å²) in [6, 6.07) is 3.01. The van der Waals surface area contributed by atoms with Gasteiger partial charge in [-0.15, -0.1) is 0 Å². The number of carbonyl (C=O) groups is 12. The number of unbranched alkanes of at least 4 members (excludes halogenated alkanes) is 1. The van der Waals surface area contributed by atoms with Gasteiger partial charge >= 0.3 is 0 Å². The molecule has 0 radical (unpaired) electrons.